The molecule has 1 unspecified atom stereocenters. The smallest absolute Gasteiger partial charge is 0.325 e. The fraction of sp³-hybridized carbons (Fsp3) is 0.500. The first-order valence-corrected chi connectivity index (χ1v) is 6.34. The zero-order valence-electron chi connectivity index (χ0n) is 11.8. The molecule has 0 bridgehead atoms. The molecule has 0 fully saturated rings. The summed E-state index contributed by atoms with van der Waals surface area (Å²) in [4.78, 5) is 11.7. The van der Waals surface area contributed by atoms with Gasteiger partial charge in [-0.05, 0) is 25.6 Å². The average Bonchev–Trinajstić information content (AvgIpc) is 2.42. The number of carbonyl (C=O) groups is 1. The summed E-state index contributed by atoms with van der Waals surface area (Å²) in [7, 11) is 1.30. The fourth-order valence-corrected chi connectivity index (χ4v) is 1.83. The highest BCUT2D eigenvalue weighted by atomic mass is 19.1. The lowest BCUT2D eigenvalue weighted by Crippen LogP contribution is -2.51. The van der Waals surface area contributed by atoms with Crippen molar-refractivity contribution in [2.45, 2.75) is 25.8 Å². The third-order valence-corrected chi connectivity index (χ3v) is 2.96. The number of benzene rings is 1. The molecule has 0 saturated carbocycles. The van der Waals surface area contributed by atoms with Gasteiger partial charge in [-0.25, -0.2) is 8.78 Å². The van der Waals surface area contributed by atoms with Crippen LogP contribution in [-0.4, -0.2) is 31.8 Å². The van der Waals surface area contributed by atoms with Crippen molar-refractivity contribution in [1.29, 1.82) is 0 Å². The summed E-state index contributed by atoms with van der Waals surface area (Å²) in [6.07, 6.45) is 0.267. The highest BCUT2D eigenvalue weighted by Crippen LogP contribution is 2.19. The first-order chi connectivity index (χ1) is 9.42. The van der Waals surface area contributed by atoms with Crippen LogP contribution in [0.4, 0.5) is 8.78 Å². The van der Waals surface area contributed by atoms with Crippen molar-refractivity contribution in [3.63, 3.8) is 0 Å². The van der Waals surface area contributed by atoms with Gasteiger partial charge in [0.1, 0.15) is 11.4 Å². The van der Waals surface area contributed by atoms with Gasteiger partial charge in [-0.3, -0.25) is 4.79 Å². The minimum atomic E-state index is -0.923. The average molecular weight is 287 g/mol. The molecule has 112 valence electrons. The summed E-state index contributed by atoms with van der Waals surface area (Å²) in [6, 6.07) is 2.98. The summed E-state index contributed by atoms with van der Waals surface area (Å²) in [5, 5.41) is 3.00. The van der Waals surface area contributed by atoms with Gasteiger partial charge in [0.2, 0.25) is 0 Å². The van der Waals surface area contributed by atoms with E-state index >= 15 is 0 Å². The molecule has 0 aliphatic carbocycles. The van der Waals surface area contributed by atoms with Gasteiger partial charge >= 0.3 is 5.97 Å². The zero-order chi connectivity index (χ0) is 15.2. The van der Waals surface area contributed by atoms with Gasteiger partial charge in [-0.1, -0.05) is 6.92 Å². The molecule has 6 heteroatoms. The number of rotatable bonds is 7. The molecule has 0 amide bonds. The Morgan fingerprint density at radius 1 is 1.40 bits per heavy atom. The highest BCUT2D eigenvalue weighted by Gasteiger charge is 2.33. The third kappa shape index (κ3) is 4.16. The molecule has 1 rings (SSSR count). The molecule has 0 saturated heterocycles. The largest absolute Gasteiger partial charge is 0.490 e. The van der Waals surface area contributed by atoms with Crippen LogP contribution in [0.2, 0.25) is 0 Å². The number of ether oxygens (including phenoxy) is 2. The summed E-state index contributed by atoms with van der Waals surface area (Å²) < 4.78 is 36.3. The SMILES string of the molecule is CCNC(C)(CCOc1cc(F)ccc1F)C(=O)OC. The van der Waals surface area contributed by atoms with Crippen LogP contribution < -0.4 is 10.1 Å². The molecular weight excluding hydrogens is 268 g/mol. The first-order valence-electron chi connectivity index (χ1n) is 6.34. The summed E-state index contributed by atoms with van der Waals surface area (Å²) in [6.45, 7) is 4.15. The molecule has 1 aromatic rings. The van der Waals surface area contributed by atoms with Crippen LogP contribution in [0, 0.1) is 11.6 Å². The molecule has 1 atom stereocenters. The van der Waals surface area contributed by atoms with Crippen molar-refractivity contribution in [3.05, 3.63) is 29.8 Å². The van der Waals surface area contributed by atoms with Gasteiger partial charge in [0.05, 0.1) is 13.7 Å². The van der Waals surface area contributed by atoms with E-state index in [-0.39, 0.29) is 18.8 Å². The van der Waals surface area contributed by atoms with Crippen molar-refractivity contribution < 1.29 is 23.0 Å². The molecule has 0 radical (unpaired) electrons. The number of esters is 1. The second-order valence-electron chi connectivity index (χ2n) is 4.53. The van der Waals surface area contributed by atoms with Gasteiger partial charge in [0.25, 0.3) is 0 Å². The van der Waals surface area contributed by atoms with Crippen molar-refractivity contribution >= 4 is 5.97 Å². The van der Waals surface area contributed by atoms with E-state index in [9.17, 15) is 13.6 Å². The molecule has 1 aromatic carbocycles. The predicted molar refractivity (Wildman–Crippen MR) is 70.6 cm³/mol. The van der Waals surface area contributed by atoms with E-state index < -0.39 is 23.1 Å². The van der Waals surface area contributed by atoms with E-state index in [0.29, 0.717) is 6.54 Å². The van der Waals surface area contributed by atoms with E-state index in [4.69, 9.17) is 9.47 Å². The quantitative estimate of drug-likeness (QED) is 0.782. The molecule has 0 aliphatic heterocycles. The third-order valence-electron chi connectivity index (χ3n) is 2.96. The Morgan fingerprint density at radius 2 is 2.10 bits per heavy atom. The minimum absolute atomic E-state index is 0.0545. The Labute approximate surface area is 117 Å². The van der Waals surface area contributed by atoms with Crippen LogP contribution in [0.15, 0.2) is 18.2 Å². The molecule has 20 heavy (non-hydrogen) atoms. The van der Waals surface area contributed by atoms with Crippen molar-refractivity contribution in [2.75, 3.05) is 20.3 Å². The molecule has 0 heterocycles. The number of hydrogen-bond acceptors (Lipinski definition) is 4. The first kappa shape index (κ1) is 16.4. The van der Waals surface area contributed by atoms with Crippen LogP contribution in [0.1, 0.15) is 20.3 Å². The van der Waals surface area contributed by atoms with E-state index in [1.54, 1.807) is 6.92 Å². The van der Waals surface area contributed by atoms with Crippen molar-refractivity contribution in [2.24, 2.45) is 0 Å². The summed E-state index contributed by atoms with van der Waals surface area (Å²) >= 11 is 0. The number of methoxy groups -OCH3 is 1. The number of nitrogens with one attached hydrogen (secondary N) is 1. The van der Waals surface area contributed by atoms with Gasteiger partial charge in [0.15, 0.2) is 11.6 Å². The predicted octanol–water partition coefficient (Wildman–Crippen LogP) is 2.27. The Bertz CT molecular complexity index is 468. The maximum absolute atomic E-state index is 13.4. The van der Waals surface area contributed by atoms with Crippen LogP contribution in [0.5, 0.6) is 5.75 Å². The topological polar surface area (TPSA) is 47.6 Å². The standard InChI is InChI=1S/C14H19F2NO3/c1-4-17-14(2,13(18)19-3)7-8-20-12-9-10(15)5-6-11(12)16/h5-6,9,17H,4,7-8H2,1-3H3. The number of hydrogen-bond donors (Lipinski definition) is 1. The monoisotopic (exact) mass is 287 g/mol. The molecular formula is C14H19F2NO3. The Hall–Kier alpha value is -1.69. The summed E-state index contributed by atoms with van der Waals surface area (Å²) in [5.74, 6) is -1.82. The summed E-state index contributed by atoms with van der Waals surface area (Å²) in [5.41, 5.74) is -0.923. The molecule has 4 nitrogen and oxygen atoms in total. The Kier molecular flexibility index (Phi) is 5.88. The molecule has 0 aliphatic rings. The zero-order valence-corrected chi connectivity index (χ0v) is 11.8. The molecule has 0 aromatic heterocycles. The van der Waals surface area contributed by atoms with Gasteiger partial charge in [0, 0.05) is 12.5 Å². The maximum Gasteiger partial charge on any atom is 0.325 e. The van der Waals surface area contributed by atoms with Crippen LogP contribution in [0.3, 0.4) is 0 Å². The van der Waals surface area contributed by atoms with Crippen LogP contribution in [-0.2, 0) is 9.53 Å². The Balaban J connectivity index is 2.65. The normalized spacial score (nSPS) is 13.7. The second kappa shape index (κ2) is 7.19. The van der Waals surface area contributed by atoms with Crippen LogP contribution in [0.25, 0.3) is 0 Å². The van der Waals surface area contributed by atoms with E-state index in [1.165, 1.54) is 7.11 Å². The van der Waals surface area contributed by atoms with E-state index in [2.05, 4.69) is 5.32 Å². The lowest BCUT2D eigenvalue weighted by atomic mass is 9.98. The molecule has 0 spiro atoms. The van der Waals surface area contributed by atoms with E-state index in [0.717, 1.165) is 18.2 Å². The number of halogens is 2. The second-order valence-corrected chi connectivity index (χ2v) is 4.53. The number of carbonyl (C=O) groups excluding carboxylic acids is 1. The van der Waals surface area contributed by atoms with Crippen LogP contribution >= 0.6 is 0 Å². The fourth-order valence-electron chi connectivity index (χ4n) is 1.83. The minimum Gasteiger partial charge on any atom is -0.490 e. The molecule has 1 N–H and O–H groups in total. The van der Waals surface area contributed by atoms with E-state index in [1.807, 2.05) is 6.92 Å². The lowest BCUT2D eigenvalue weighted by molar-refractivity contribution is -0.148. The lowest BCUT2D eigenvalue weighted by Gasteiger charge is -2.27. The van der Waals surface area contributed by atoms with Gasteiger partial charge < -0.3 is 14.8 Å². The Morgan fingerprint density at radius 3 is 2.70 bits per heavy atom. The van der Waals surface area contributed by atoms with Gasteiger partial charge in [-0.2, -0.15) is 0 Å². The maximum atomic E-state index is 13.4. The highest BCUT2D eigenvalue weighted by molar-refractivity contribution is 5.80. The number of likely N-dealkylation sites (N-methyl/N-ethyl adjacent to an activating group) is 1. The van der Waals surface area contributed by atoms with Crippen molar-refractivity contribution in [1.82, 2.24) is 5.32 Å². The van der Waals surface area contributed by atoms with Gasteiger partial charge in [-0.15, -0.1) is 0 Å². The van der Waals surface area contributed by atoms with Crippen molar-refractivity contribution in [3.8, 4) is 5.75 Å².